The zero-order valence-corrected chi connectivity index (χ0v) is 13.4. The van der Waals surface area contributed by atoms with Gasteiger partial charge in [0.2, 0.25) is 0 Å². The molecule has 1 aliphatic carbocycles. The molecule has 18 heavy (non-hydrogen) atoms. The molecule has 0 radical (unpaired) electrons. The molecule has 0 atom stereocenters. The fourth-order valence-electron chi connectivity index (χ4n) is 3.47. The number of nitrogens with zero attached hydrogens (tertiary/aromatic N) is 1. The molecule has 1 saturated carbocycles. The standard InChI is InChI=1S/C16H34N2/c1-13(2)14-7-9-16(11-17,10-8-14)18(6)12-15(3,4)5/h13-14H,7-12,17H2,1-6H3. The summed E-state index contributed by atoms with van der Waals surface area (Å²) in [5, 5.41) is 0. The van der Waals surface area contributed by atoms with Crippen LogP contribution in [0, 0.1) is 17.3 Å². The van der Waals surface area contributed by atoms with Crippen molar-refractivity contribution in [3.63, 3.8) is 0 Å². The Kier molecular flexibility index (Phi) is 5.25. The van der Waals surface area contributed by atoms with Crippen LogP contribution in [-0.2, 0) is 0 Å². The van der Waals surface area contributed by atoms with E-state index in [4.69, 9.17) is 5.73 Å². The molecule has 0 heterocycles. The lowest BCUT2D eigenvalue weighted by Crippen LogP contribution is -2.56. The van der Waals surface area contributed by atoms with Crippen LogP contribution < -0.4 is 5.73 Å². The van der Waals surface area contributed by atoms with Crippen LogP contribution in [0.3, 0.4) is 0 Å². The minimum atomic E-state index is 0.263. The molecule has 2 N–H and O–H groups in total. The van der Waals surface area contributed by atoms with Gasteiger partial charge in [-0.1, -0.05) is 34.6 Å². The van der Waals surface area contributed by atoms with E-state index in [9.17, 15) is 0 Å². The molecule has 0 aromatic carbocycles. The Labute approximate surface area is 114 Å². The largest absolute Gasteiger partial charge is 0.329 e. The lowest BCUT2D eigenvalue weighted by molar-refractivity contribution is 0.0330. The molecule has 0 bridgehead atoms. The maximum absolute atomic E-state index is 6.14. The molecule has 2 nitrogen and oxygen atoms in total. The van der Waals surface area contributed by atoms with Gasteiger partial charge in [-0.3, -0.25) is 4.90 Å². The van der Waals surface area contributed by atoms with Crippen molar-refractivity contribution in [3.8, 4) is 0 Å². The molecule has 1 rings (SSSR count). The molecule has 1 fully saturated rings. The van der Waals surface area contributed by atoms with E-state index >= 15 is 0 Å². The van der Waals surface area contributed by atoms with Crippen molar-refractivity contribution in [2.45, 2.75) is 65.8 Å². The summed E-state index contributed by atoms with van der Waals surface area (Å²) in [4.78, 5) is 2.55. The van der Waals surface area contributed by atoms with Gasteiger partial charge in [-0.25, -0.2) is 0 Å². The molecule has 0 unspecified atom stereocenters. The summed E-state index contributed by atoms with van der Waals surface area (Å²) < 4.78 is 0. The molecule has 0 spiro atoms. The fourth-order valence-corrected chi connectivity index (χ4v) is 3.47. The van der Waals surface area contributed by atoms with Crippen LogP contribution >= 0.6 is 0 Å². The second kappa shape index (κ2) is 5.92. The van der Waals surface area contributed by atoms with Crippen LogP contribution in [-0.4, -0.2) is 30.6 Å². The fraction of sp³-hybridized carbons (Fsp3) is 1.00. The molecular formula is C16H34N2. The number of hydrogen-bond donors (Lipinski definition) is 1. The van der Waals surface area contributed by atoms with Gasteiger partial charge in [0.25, 0.3) is 0 Å². The van der Waals surface area contributed by atoms with Gasteiger partial charge in [-0.15, -0.1) is 0 Å². The van der Waals surface area contributed by atoms with Gasteiger partial charge < -0.3 is 5.73 Å². The highest BCUT2D eigenvalue weighted by Crippen LogP contribution is 2.39. The smallest absolute Gasteiger partial charge is 0.0329 e. The average molecular weight is 254 g/mol. The Morgan fingerprint density at radius 3 is 2.06 bits per heavy atom. The third kappa shape index (κ3) is 3.96. The Balaban J connectivity index is 2.65. The Bertz CT molecular complexity index is 244. The van der Waals surface area contributed by atoms with Crippen molar-refractivity contribution in [2.75, 3.05) is 20.1 Å². The van der Waals surface area contributed by atoms with Gasteiger partial charge in [-0.2, -0.15) is 0 Å². The van der Waals surface area contributed by atoms with Crippen LogP contribution in [0.25, 0.3) is 0 Å². The van der Waals surface area contributed by atoms with E-state index in [-0.39, 0.29) is 5.54 Å². The second-order valence-corrected chi connectivity index (χ2v) is 7.93. The Morgan fingerprint density at radius 2 is 1.72 bits per heavy atom. The topological polar surface area (TPSA) is 29.3 Å². The molecular weight excluding hydrogens is 220 g/mol. The average Bonchev–Trinajstić information content (AvgIpc) is 2.26. The zero-order chi connectivity index (χ0) is 14.0. The summed E-state index contributed by atoms with van der Waals surface area (Å²) in [5.41, 5.74) is 6.75. The Hall–Kier alpha value is -0.0800. The molecule has 0 amide bonds. The molecule has 0 aromatic rings. The maximum atomic E-state index is 6.14. The molecule has 0 aromatic heterocycles. The SMILES string of the molecule is CC(C)C1CCC(CN)(N(C)CC(C)(C)C)CC1. The minimum Gasteiger partial charge on any atom is -0.329 e. The first kappa shape index (κ1) is 16.0. The van der Waals surface area contributed by atoms with Crippen molar-refractivity contribution in [1.29, 1.82) is 0 Å². The lowest BCUT2D eigenvalue weighted by Gasteiger charge is -2.48. The number of rotatable bonds is 4. The van der Waals surface area contributed by atoms with E-state index in [1.54, 1.807) is 0 Å². The monoisotopic (exact) mass is 254 g/mol. The summed E-state index contributed by atoms with van der Waals surface area (Å²) >= 11 is 0. The van der Waals surface area contributed by atoms with Gasteiger partial charge >= 0.3 is 0 Å². The van der Waals surface area contributed by atoms with Crippen LogP contribution in [0.15, 0.2) is 0 Å². The summed E-state index contributed by atoms with van der Waals surface area (Å²) in [7, 11) is 2.27. The van der Waals surface area contributed by atoms with E-state index in [1.807, 2.05) is 0 Å². The maximum Gasteiger partial charge on any atom is 0.0329 e. The van der Waals surface area contributed by atoms with Crippen molar-refractivity contribution in [1.82, 2.24) is 4.90 Å². The summed E-state index contributed by atoms with van der Waals surface area (Å²) in [6.45, 7) is 13.6. The van der Waals surface area contributed by atoms with Crippen molar-refractivity contribution < 1.29 is 0 Å². The minimum absolute atomic E-state index is 0.263. The second-order valence-electron chi connectivity index (χ2n) is 7.93. The first-order valence-corrected chi connectivity index (χ1v) is 7.61. The molecule has 1 aliphatic rings. The third-order valence-electron chi connectivity index (χ3n) is 4.81. The lowest BCUT2D eigenvalue weighted by atomic mass is 9.71. The first-order chi connectivity index (χ1) is 8.20. The van der Waals surface area contributed by atoms with Crippen LogP contribution in [0.4, 0.5) is 0 Å². The highest BCUT2D eigenvalue weighted by Gasteiger charge is 2.39. The van der Waals surface area contributed by atoms with E-state index in [0.717, 1.165) is 24.9 Å². The Morgan fingerprint density at radius 1 is 1.22 bits per heavy atom. The van der Waals surface area contributed by atoms with E-state index in [1.165, 1.54) is 25.7 Å². The van der Waals surface area contributed by atoms with Crippen LogP contribution in [0.2, 0.25) is 0 Å². The van der Waals surface area contributed by atoms with Gasteiger partial charge in [0.05, 0.1) is 0 Å². The van der Waals surface area contributed by atoms with Gasteiger partial charge in [0, 0.05) is 18.6 Å². The van der Waals surface area contributed by atoms with Crippen LogP contribution in [0.1, 0.15) is 60.3 Å². The third-order valence-corrected chi connectivity index (χ3v) is 4.81. The van der Waals surface area contributed by atoms with Gasteiger partial charge in [-0.05, 0) is 50.0 Å². The molecule has 108 valence electrons. The predicted octanol–water partition coefficient (Wildman–Crippen LogP) is 3.51. The number of hydrogen-bond acceptors (Lipinski definition) is 2. The number of likely N-dealkylation sites (N-methyl/N-ethyl adjacent to an activating group) is 1. The van der Waals surface area contributed by atoms with Gasteiger partial charge in [0.15, 0.2) is 0 Å². The van der Waals surface area contributed by atoms with Gasteiger partial charge in [0.1, 0.15) is 0 Å². The summed E-state index contributed by atoms with van der Waals surface area (Å²) in [6, 6.07) is 0. The first-order valence-electron chi connectivity index (χ1n) is 7.61. The molecule has 2 heteroatoms. The predicted molar refractivity (Wildman–Crippen MR) is 80.7 cm³/mol. The summed E-state index contributed by atoms with van der Waals surface area (Å²) in [6.07, 6.45) is 5.25. The van der Waals surface area contributed by atoms with E-state index < -0.39 is 0 Å². The zero-order valence-electron chi connectivity index (χ0n) is 13.4. The number of nitrogens with two attached hydrogens (primary N) is 1. The molecule has 0 saturated heterocycles. The van der Waals surface area contributed by atoms with Crippen molar-refractivity contribution in [2.24, 2.45) is 23.0 Å². The summed E-state index contributed by atoms with van der Waals surface area (Å²) in [5.74, 6) is 1.74. The van der Waals surface area contributed by atoms with Crippen molar-refractivity contribution >= 4 is 0 Å². The van der Waals surface area contributed by atoms with Crippen molar-refractivity contribution in [3.05, 3.63) is 0 Å². The highest BCUT2D eigenvalue weighted by molar-refractivity contribution is 4.96. The van der Waals surface area contributed by atoms with Crippen LogP contribution in [0.5, 0.6) is 0 Å². The highest BCUT2D eigenvalue weighted by atomic mass is 15.2. The molecule has 0 aliphatic heterocycles. The normalized spacial score (nSPS) is 30.2. The quantitative estimate of drug-likeness (QED) is 0.832. The van der Waals surface area contributed by atoms with E-state index in [2.05, 4.69) is 46.6 Å². The van der Waals surface area contributed by atoms with E-state index in [0.29, 0.717) is 5.41 Å².